The Labute approximate surface area is 141 Å². The second kappa shape index (κ2) is 7.55. The van der Waals surface area contributed by atoms with Gasteiger partial charge in [-0.3, -0.25) is 9.69 Å². The molecule has 2 atom stereocenters. The van der Waals surface area contributed by atoms with E-state index in [0.717, 1.165) is 25.3 Å². The van der Waals surface area contributed by atoms with Gasteiger partial charge in [-0.05, 0) is 38.1 Å². The van der Waals surface area contributed by atoms with Crippen LogP contribution < -0.4 is 5.32 Å². The standard InChI is InChI=1S/C17H23N5O2/c1-13-9-21(10-14(2)24-13)8-7-19-17(23)15-3-5-16(6-4-15)22-12-18-11-20-22/h3-6,11-14H,7-10H2,1-2H3,(H,19,23). The van der Waals surface area contributed by atoms with Gasteiger partial charge in [0, 0.05) is 31.7 Å². The Morgan fingerprint density at radius 1 is 1.25 bits per heavy atom. The number of carbonyl (C=O) groups excluding carboxylic acids is 1. The number of amides is 1. The van der Waals surface area contributed by atoms with Crippen molar-refractivity contribution in [1.82, 2.24) is 25.0 Å². The minimum Gasteiger partial charge on any atom is -0.373 e. The number of nitrogens with one attached hydrogen (secondary N) is 1. The van der Waals surface area contributed by atoms with Crippen LogP contribution in [0.5, 0.6) is 0 Å². The fourth-order valence-electron chi connectivity index (χ4n) is 3.00. The van der Waals surface area contributed by atoms with Gasteiger partial charge in [-0.2, -0.15) is 5.10 Å². The number of nitrogens with zero attached hydrogens (tertiary/aromatic N) is 4. The van der Waals surface area contributed by atoms with Gasteiger partial charge >= 0.3 is 0 Å². The number of aromatic nitrogens is 3. The summed E-state index contributed by atoms with van der Waals surface area (Å²) in [4.78, 5) is 18.5. The first-order valence-electron chi connectivity index (χ1n) is 8.23. The fraction of sp³-hybridized carbons (Fsp3) is 0.471. The molecule has 7 nitrogen and oxygen atoms in total. The monoisotopic (exact) mass is 329 g/mol. The van der Waals surface area contributed by atoms with Gasteiger partial charge in [0.2, 0.25) is 0 Å². The van der Waals surface area contributed by atoms with Crippen molar-refractivity contribution in [2.24, 2.45) is 0 Å². The Kier molecular flexibility index (Phi) is 5.22. The van der Waals surface area contributed by atoms with E-state index in [1.807, 2.05) is 12.1 Å². The molecular weight excluding hydrogens is 306 g/mol. The lowest BCUT2D eigenvalue weighted by molar-refractivity contribution is -0.0672. The van der Waals surface area contributed by atoms with Crippen LogP contribution in [0, 0.1) is 0 Å². The maximum absolute atomic E-state index is 12.2. The maximum atomic E-state index is 12.2. The van der Waals surface area contributed by atoms with Crippen LogP contribution in [0.2, 0.25) is 0 Å². The van der Waals surface area contributed by atoms with Crippen molar-refractivity contribution in [2.75, 3.05) is 26.2 Å². The van der Waals surface area contributed by atoms with Crippen LogP contribution in [0.1, 0.15) is 24.2 Å². The molecule has 0 spiro atoms. The van der Waals surface area contributed by atoms with Gasteiger partial charge in [0.05, 0.1) is 17.9 Å². The summed E-state index contributed by atoms with van der Waals surface area (Å²) in [6.45, 7) is 7.44. The van der Waals surface area contributed by atoms with Crippen LogP contribution >= 0.6 is 0 Å². The zero-order valence-corrected chi connectivity index (χ0v) is 14.1. The minimum absolute atomic E-state index is 0.0607. The smallest absolute Gasteiger partial charge is 0.251 e. The van der Waals surface area contributed by atoms with Gasteiger partial charge in [0.15, 0.2) is 0 Å². The molecule has 2 aromatic rings. The predicted octanol–water partition coefficient (Wildman–Crippen LogP) is 1.11. The molecule has 2 unspecified atom stereocenters. The number of hydrogen-bond acceptors (Lipinski definition) is 5. The van der Waals surface area contributed by atoms with Gasteiger partial charge in [0.25, 0.3) is 5.91 Å². The molecule has 24 heavy (non-hydrogen) atoms. The molecule has 3 rings (SSSR count). The summed E-state index contributed by atoms with van der Waals surface area (Å²) in [5.41, 5.74) is 1.52. The first kappa shape index (κ1) is 16.6. The normalized spacial score (nSPS) is 21.6. The molecule has 1 aliphatic rings. The van der Waals surface area contributed by atoms with E-state index in [1.165, 1.54) is 6.33 Å². The molecule has 1 aromatic carbocycles. The van der Waals surface area contributed by atoms with Gasteiger partial charge in [-0.15, -0.1) is 0 Å². The van der Waals surface area contributed by atoms with Crippen LogP contribution in [0.3, 0.4) is 0 Å². The van der Waals surface area contributed by atoms with Crippen LogP contribution in [-0.4, -0.2) is 64.0 Å². The Balaban J connectivity index is 1.48. The average Bonchev–Trinajstić information content (AvgIpc) is 3.08. The molecule has 0 bridgehead atoms. The van der Waals surface area contributed by atoms with Gasteiger partial charge in [-0.1, -0.05) is 0 Å². The minimum atomic E-state index is -0.0607. The van der Waals surface area contributed by atoms with Gasteiger partial charge < -0.3 is 10.1 Å². The van der Waals surface area contributed by atoms with E-state index in [9.17, 15) is 4.79 Å². The third-order valence-corrected chi connectivity index (χ3v) is 4.02. The summed E-state index contributed by atoms with van der Waals surface area (Å²) in [6.07, 6.45) is 3.59. The van der Waals surface area contributed by atoms with E-state index >= 15 is 0 Å². The molecule has 1 aliphatic heterocycles. The summed E-state index contributed by atoms with van der Waals surface area (Å²) in [5, 5.41) is 7.04. The van der Waals surface area contributed by atoms with Crippen molar-refractivity contribution in [1.29, 1.82) is 0 Å². The number of ether oxygens (including phenoxy) is 1. The molecule has 0 aliphatic carbocycles. The molecule has 0 saturated carbocycles. The Morgan fingerprint density at radius 3 is 2.58 bits per heavy atom. The van der Waals surface area contributed by atoms with E-state index < -0.39 is 0 Å². The predicted molar refractivity (Wildman–Crippen MR) is 90.1 cm³/mol. The zero-order chi connectivity index (χ0) is 16.9. The molecule has 1 fully saturated rings. The van der Waals surface area contributed by atoms with Crippen molar-refractivity contribution in [3.05, 3.63) is 42.5 Å². The SMILES string of the molecule is CC1CN(CCNC(=O)c2ccc(-n3cncn3)cc2)CC(C)O1. The van der Waals surface area contributed by atoms with Crippen LogP contribution in [0.25, 0.3) is 5.69 Å². The summed E-state index contributed by atoms with van der Waals surface area (Å²) in [6, 6.07) is 7.31. The molecule has 1 amide bonds. The van der Waals surface area contributed by atoms with E-state index in [4.69, 9.17) is 4.74 Å². The first-order chi connectivity index (χ1) is 11.6. The van der Waals surface area contributed by atoms with Crippen molar-refractivity contribution >= 4 is 5.91 Å². The molecule has 2 heterocycles. The summed E-state index contributed by atoms with van der Waals surface area (Å²) in [7, 11) is 0. The molecule has 1 aromatic heterocycles. The molecular formula is C17H23N5O2. The number of morpholine rings is 1. The highest BCUT2D eigenvalue weighted by atomic mass is 16.5. The van der Waals surface area contributed by atoms with E-state index in [2.05, 4.69) is 34.1 Å². The second-order valence-corrected chi connectivity index (χ2v) is 6.16. The molecule has 1 N–H and O–H groups in total. The highest BCUT2D eigenvalue weighted by Gasteiger charge is 2.21. The lowest BCUT2D eigenvalue weighted by Gasteiger charge is -2.35. The number of hydrogen-bond donors (Lipinski definition) is 1. The Morgan fingerprint density at radius 2 is 1.96 bits per heavy atom. The number of carbonyl (C=O) groups is 1. The number of rotatable bonds is 5. The summed E-state index contributed by atoms with van der Waals surface area (Å²) < 4.78 is 7.37. The fourth-order valence-corrected chi connectivity index (χ4v) is 3.00. The largest absolute Gasteiger partial charge is 0.373 e. The first-order valence-corrected chi connectivity index (χ1v) is 8.23. The van der Waals surface area contributed by atoms with E-state index in [-0.39, 0.29) is 18.1 Å². The highest BCUT2D eigenvalue weighted by molar-refractivity contribution is 5.94. The average molecular weight is 329 g/mol. The van der Waals surface area contributed by atoms with Crippen molar-refractivity contribution < 1.29 is 9.53 Å². The summed E-state index contributed by atoms with van der Waals surface area (Å²) in [5.74, 6) is -0.0607. The van der Waals surface area contributed by atoms with E-state index in [1.54, 1.807) is 23.1 Å². The van der Waals surface area contributed by atoms with Crippen LogP contribution in [0.4, 0.5) is 0 Å². The van der Waals surface area contributed by atoms with Crippen LogP contribution in [-0.2, 0) is 4.74 Å². The molecule has 7 heteroatoms. The molecule has 128 valence electrons. The molecule has 1 saturated heterocycles. The highest BCUT2D eigenvalue weighted by Crippen LogP contribution is 2.10. The quantitative estimate of drug-likeness (QED) is 0.889. The summed E-state index contributed by atoms with van der Waals surface area (Å²) >= 11 is 0. The van der Waals surface area contributed by atoms with E-state index in [0.29, 0.717) is 12.1 Å². The Hall–Kier alpha value is -2.25. The lowest BCUT2D eigenvalue weighted by Crippen LogP contribution is -2.47. The third kappa shape index (κ3) is 4.18. The topological polar surface area (TPSA) is 72.3 Å². The van der Waals surface area contributed by atoms with Gasteiger partial charge in [-0.25, -0.2) is 9.67 Å². The van der Waals surface area contributed by atoms with Crippen LogP contribution in [0.15, 0.2) is 36.9 Å². The van der Waals surface area contributed by atoms with Crippen molar-refractivity contribution in [3.8, 4) is 5.69 Å². The molecule has 0 radical (unpaired) electrons. The van der Waals surface area contributed by atoms with Crippen molar-refractivity contribution in [3.63, 3.8) is 0 Å². The third-order valence-electron chi connectivity index (χ3n) is 4.02. The lowest BCUT2D eigenvalue weighted by atomic mass is 10.2. The zero-order valence-electron chi connectivity index (χ0n) is 14.1. The van der Waals surface area contributed by atoms with Crippen molar-refractivity contribution in [2.45, 2.75) is 26.1 Å². The number of benzene rings is 1. The second-order valence-electron chi connectivity index (χ2n) is 6.16. The maximum Gasteiger partial charge on any atom is 0.251 e. The van der Waals surface area contributed by atoms with Gasteiger partial charge in [0.1, 0.15) is 12.7 Å². The Bertz CT molecular complexity index is 646.